The monoisotopic (exact) mass is 272 g/mol. The van der Waals surface area contributed by atoms with Crippen molar-refractivity contribution < 1.29 is 13.2 Å². The predicted octanol–water partition coefficient (Wildman–Crippen LogP) is 3.13. The molecule has 0 saturated carbocycles. The number of benzene rings is 1. The fourth-order valence-electron chi connectivity index (χ4n) is 1.89. The van der Waals surface area contributed by atoms with E-state index in [4.69, 9.17) is 5.26 Å². The molecule has 1 heterocycles. The average molecular weight is 272 g/mol. The first kappa shape index (κ1) is 13.1. The molecular formula is C12H11F3N2S. The molecule has 2 nitrogen and oxygen atoms in total. The second kappa shape index (κ2) is 5.11. The Labute approximate surface area is 107 Å². The highest BCUT2D eigenvalue weighted by Crippen LogP contribution is 2.34. The molecule has 0 unspecified atom stereocenters. The van der Waals surface area contributed by atoms with Crippen LogP contribution in [0.25, 0.3) is 0 Å². The summed E-state index contributed by atoms with van der Waals surface area (Å²) in [6, 6.07) is 5.40. The molecule has 0 aliphatic carbocycles. The van der Waals surface area contributed by atoms with Crippen molar-refractivity contribution in [3.05, 3.63) is 29.3 Å². The fraction of sp³-hybridized carbons (Fsp3) is 0.417. The number of hydrogen-bond donors (Lipinski definition) is 0. The van der Waals surface area contributed by atoms with Gasteiger partial charge in [-0.1, -0.05) is 0 Å². The van der Waals surface area contributed by atoms with E-state index in [0.717, 1.165) is 30.7 Å². The third-order valence-electron chi connectivity index (χ3n) is 2.81. The van der Waals surface area contributed by atoms with E-state index < -0.39 is 11.7 Å². The lowest BCUT2D eigenvalue weighted by Crippen LogP contribution is -2.32. The highest BCUT2D eigenvalue weighted by molar-refractivity contribution is 7.99. The minimum Gasteiger partial charge on any atom is -0.370 e. The zero-order chi connectivity index (χ0) is 13.2. The van der Waals surface area contributed by atoms with Crippen LogP contribution in [0.2, 0.25) is 0 Å². The van der Waals surface area contributed by atoms with Gasteiger partial charge in [-0.2, -0.15) is 30.2 Å². The third-order valence-corrected chi connectivity index (χ3v) is 3.75. The summed E-state index contributed by atoms with van der Waals surface area (Å²) in [5.41, 5.74) is -0.474. The summed E-state index contributed by atoms with van der Waals surface area (Å²) in [4.78, 5) is 2.01. The number of thioether (sulfide) groups is 1. The maximum Gasteiger partial charge on any atom is 0.417 e. The largest absolute Gasteiger partial charge is 0.417 e. The van der Waals surface area contributed by atoms with Gasteiger partial charge in [0.05, 0.1) is 17.2 Å². The molecular weight excluding hydrogens is 261 g/mol. The molecule has 0 spiro atoms. The summed E-state index contributed by atoms with van der Waals surface area (Å²) in [5.74, 6) is 1.92. The maximum absolute atomic E-state index is 12.6. The number of rotatable bonds is 1. The molecule has 0 atom stereocenters. The van der Waals surface area contributed by atoms with Gasteiger partial charge in [0.2, 0.25) is 0 Å². The number of nitriles is 1. The van der Waals surface area contributed by atoms with E-state index in [0.29, 0.717) is 5.69 Å². The first-order valence-electron chi connectivity index (χ1n) is 5.46. The Balaban J connectivity index is 2.33. The lowest BCUT2D eigenvalue weighted by atomic mass is 10.1. The molecule has 1 aliphatic heterocycles. The zero-order valence-corrected chi connectivity index (χ0v) is 10.3. The van der Waals surface area contributed by atoms with Gasteiger partial charge in [-0.15, -0.1) is 0 Å². The minimum absolute atomic E-state index is 0.307. The molecule has 6 heteroatoms. The molecule has 0 amide bonds. The van der Waals surface area contributed by atoms with E-state index in [1.807, 2.05) is 16.7 Å². The minimum atomic E-state index is -4.47. The van der Waals surface area contributed by atoms with Crippen LogP contribution in [0.15, 0.2) is 18.2 Å². The molecule has 1 aliphatic rings. The van der Waals surface area contributed by atoms with Gasteiger partial charge in [0.15, 0.2) is 0 Å². The summed E-state index contributed by atoms with van der Waals surface area (Å²) in [5, 5.41) is 8.83. The average Bonchev–Trinajstić information content (AvgIpc) is 2.38. The lowest BCUT2D eigenvalue weighted by molar-refractivity contribution is -0.137. The van der Waals surface area contributed by atoms with Crippen LogP contribution >= 0.6 is 11.8 Å². The van der Waals surface area contributed by atoms with Crippen LogP contribution in [0.4, 0.5) is 18.9 Å². The smallest absolute Gasteiger partial charge is 0.370 e. The number of alkyl halides is 3. The van der Waals surface area contributed by atoms with E-state index in [1.54, 1.807) is 6.07 Å². The van der Waals surface area contributed by atoms with E-state index in [9.17, 15) is 13.2 Å². The number of halogens is 3. The van der Waals surface area contributed by atoms with Crippen LogP contribution in [0.3, 0.4) is 0 Å². The van der Waals surface area contributed by atoms with Gasteiger partial charge in [-0.25, -0.2) is 0 Å². The Morgan fingerprint density at radius 1 is 1.22 bits per heavy atom. The van der Waals surface area contributed by atoms with Crippen molar-refractivity contribution in [2.45, 2.75) is 6.18 Å². The second-order valence-corrected chi connectivity index (χ2v) is 5.16. The van der Waals surface area contributed by atoms with Crippen molar-refractivity contribution in [2.75, 3.05) is 29.5 Å². The van der Waals surface area contributed by atoms with E-state index in [-0.39, 0.29) is 5.56 Å². The highest BCUT2D eigenvalue weighted by Gasteiger charge is 2.33. The van der Waals surface area contributed by atoms with Crippen LogP contribution in [-0.2, 0) is 6.18 Å². The second-order valence-electron chi connectivity index (χ2n) is 3.94. The van der Waals surface area contributed by atoms with Crippen molar-refractivity contribution in [3.8, 4) is 6.07 Å². The molecule has 1 aromatic rings. The molecule has 1 saturated heterocycles. The van der Waals surface area contributed by atoms with Gasteiger partial charge in [-0.05, 0) is 18.2 Å². The van der Waals surface area contributed by atoms with Gasteiger partial charge in [0.1, 0.15) is 0 Å². The van der Waals surface area contributed by atoms with Gasteiger partial charge in [0.25, 0.3) is 0 Å². The van der Waals surface area contributed by atoms with Crippen molar-refractivity contribution in [1.82, 2.24) is 0 Å². The third kappa shape index (κ3) is 2.72. The number of hydrogen-bond acceptors (Lipinski definition) is 3. The Bertz CT molecular complexity index is 473. The molecule has 1 aromatic carbocycles. The summed E-state index contributed by atoms with van der Waals surface area (Å²) in [6.07, 6.45) is -4.47. The Morgan fingerprint density at radius 3 is 2.44 bits per heavy atom. The van der Waals surface area contributed by atoms with Gasteiger partial charge < -0.3 is 4.90 Å². The molecule has 0 aromatic heterocycles. The molecule has 0 bridgehead atoms. The fourth-order valence-corrected chi connectivity index (χ4v) is 2.79. The standard InChI is InChI=1S/C12H11F3N2S/c13-12(14,15)11-2-1-10(7-9(11)8-16)17-3-5-18-6-4-17/h1-2,7H,3-6H2. The lowest BCUT2D eigenvalue weighted by Gasteiger charge is -2.29. The van der Waals surface area contributed by atoms with Gasteiger partial charge >= 0.3 is 6.18 Å². The molecule has 96 valence electrons. The summed E-state index contributed by atoms with van der Waals surface area (Å²) < 4.78 is 37.9. The number of nitrogens with zero attached hydrogens (tertiary/aromatic N) is 2. The summed E-state index contributed by atoms with van der Waals surface area (Å²) in [7, 11) is 0. The van der Waals surface area contributed by atoms with E-state index in [2.05, 4.69) is 0 Å². The SMILES string of the molecule is N#Cc1cc(N2CCSCC2)ccc1C(F)(F)F. The summed E-state index contributed by atoms with van der Waals surface area (Å²) in [6.45, 7) is 1.61. The van der Waals surface area contributed by atoms with Gasteiger partial charge in [0, 0.05) is 30.3 Å². The van der Waals surface area contributed by atoms with Crippen LogP contribution in [0.1, 0.15) is 11.1 Å². The molecule has 2 rings (SSSR count). The molecule has 1 fully saturated rings. The Hall–Kier alpha value is -1.35. The van der Waals surface area contributed by atoms with E-state index in [1.165, 1.54) is 12.1 Å². The Morgan fingerprint density at radius 2 is 1.89 bits per heavy atom. The zero-order valence-electron chi connectivity index (χ0n) is 9.50. The molecule has 18 heavy (non-hydrogen) atoms. The predicted molar refractivity (Wildman–Crippen MR) is 65.7 cm³/mol. The van der Waals surface area contributed by atoms with Crippen LogP contribution in [0.5, 0.6) is 0 Å². The van der Waals surface area contributed by atoms with Crippen molar-refractivity contribution >= 4 is 17.4 Å². The highest BCUT2D eigenvalue weighted by atomic mass is 32.2. The first-order chi connectivity index (χ1) is 8.52. The van der Waals surface area contributed by atoms with E-state index >= 15 is 0 Å². The van der Waals surface area contributed by atoms with Crippen LogP contribution < -0.4 is 4.90 Å². The topological polar surface area (TPSA) is 27.0 Å². The quantitative estimate of drug-likeness (QED) is 0.786. The maximum atomic E-state index is 12.6. The van der Waals surface area contributed by atoms with Crippen LogP contribution in [-0.4, -0.2) is 24.6 Å². The van der Waals surface area contributed by atoms with Crippen molar-refractivity contribution in [2.24, 2.45) is 0 Å². The van der Waals surface area contributed by atoms with Gasteiger partial charge in [-0.3, -0.25) is 0 Å². The Kier molecular flexibility index (Phi) is 3.71. The number of anilines is 1. The normalized spacial score (nSPS) is 16.4. The van der Waals surface area contributed by atoms with Crippen molar-refractivity contribution in [1.29, 1.82) is 5.26 Å². The molecule has 0 N–H and O–H groups in total. The summed E-state index contributed by atoms with van der Waals surface area (Å²) >= 11 is 1.82. The van der Waals surface area contributed by atoms with Crippen molar-refractivity contribution in [3.63, 3.8) is 0 Å². The van der Waals surface area contributed by atoms with Crippen LogP contribution in [0, 0.1) is 11.3 Å². The first-order valence-corrected chi connectivity index (χ1v) is 6.62. The molecule has 0 radical (unpaired) electrons.